The molecule has 4 atom stereocenters. The molecule has 1 N–H and O–H groups in total. The molecule has 2 aliphatic rings. The van der Waals surface area contributed by atoms with Gasteiger partial charge in [0.05, 0.1) is 0 Å². The highest BCUT2D eigenvalue weighted by Crippen LogP contribution is 2.65. The minimum absolute atomic E-state index is 0.540. The van der Waals surface area contributed by atoms with E-state index in [1.165, 1.54) is 38.5 Å². The lowest BCUT2D eigenvalue weighted by atomic mass is 9.69. The van der Waals surface area contributed by atoms with Crippen molar-refractivity contribution in [3.63, 3.8) is 0 Å². The van der Waals surface area contributed by atoms with Gasteiger partial charge in [-0.25, -0.2) is 0 Å². The van der Waals surface area contributed by atoms with E-state index in [1.54, 1.807) is 0 Å². The third-order valence-electron chi connectivity index (χ3n) is 6.27. The zero-order valence-corrected chi connectivity index (χ0v) is 12.5. The third kappa shape index (κ3) is 2.05. The maximum absolute atomic E-state index is 3.94. The molecular weight excluding hydrogens is 206 g/mol. The van der Waals surface area contributed by atoms with Crippen molar-refractivity contribution in [2.75, 3.05) is 0 Å². The molecule has 0 aromatic rings. The van der Waals surface area contributed by atoms with Crippen molar-refractivity contribution >= 4 is 0 Å². The molecule has 0 aromatic heterocycles. The second kappa shape index (κ2) is 4.57. The quantitative estimate of drug-likeness (QED) is 0.748. The minimum Gasteiger partial charge on any atom is -0.311 e. The first kappa shape index (κ1) is 13.4. The van der Waals surface area contributed by atoms with Crippen LogP contribution in [-0.2, 0) is 0 Å². The second-order valence-corrected chi connectivity index (χ2v) is 7.37. The summed E-state index contributed by atoms with van der Waals surface area (Å²) in [6.07, 6.45) is 8.34. The van der Waals surface area contributed by atoms with Crippen LogP contribution in [0.15, 0.2) is 0 Å². The van der Waals surface area contributed by atoms with Crippen LogP contribution < -0.4 is 5.32 Å². The Morgan fingerprint density at radius 1 is 1.29 bits per heavy atom. The molecule has 0 saturated heterocycles. The molecule has 4 unspecified atom stereocenters. The molecule has 1 nitrogen and oxygen atoms in total. The van der Waals surface area contributed by atoms with Gasteiger partial charge in [0.2, 0.25) is 0 Å². The lowest BCUT2D eigenvalue weighted by molar-refractivity contribution is 0.115. The highest BCUT2D eigenvalue weighted by atomic mass is 15.0. The predicted molar refractivity (Wildman–Crippen MR) is 75.1 cm³/mol. The molecule has 2 aliphatic carbocycles. The topological polar surface area (TPSA) is 12.0 Å². The van der Waals surface area contributed by atoms with Crippen molar-refractivity contribution in [2.24, 2.45) is 16.7 Å². The Balaban J connectivity index is 1.96. The molecule has 0 aromatic carbocycles. The predicted octanol–water partition coefficient (Wildman–Crippen LogP) is 4.37. The van der Waals surface area contributed by atoms with Gasteiger partial charge in [-0.15, -0.1) is 0 Å². The number of unbranched alkanes of at least 4 members (excludes halogenated alkanes) is 1. The molecule has 1 heteroatoms. The Kier molecular flexibility index (Phi) is 3.60. The Morgan fingerprint density at radius 3 is 2.47 bits per heavy atom. The maximum atomic E-state index is 3.94. The van der Waals surface area contributed by atoms with E-state index in [4.69, 9.17) is 0 Å². The Labute approximate surface area is 108 Å². The van der Waals surface area contributed by atoms with Crippen molar-refractivity contribution in [1.82, 2.24) is 5.32 Å². The van der Waals surface area contributed by atoms with Crippen molar-refractivity contribution in [3.05, 3.63) is 0 Å². The average Bonchev–Trinajstić information content (AvgIpc) is 2.59. The van der Waals surface area contributed by atoms with Crippen LogP contribution in [0.3, 0.4) is 0 Å². The van der Waals surface area contributed by atoms with E-state index in [2.05, 4.69) is 39.9 Å². The lowest BCUT2D eigenvalue weighted by Gasteiger charge is -2.40. The van der Waals surface area contributed by atoms with Crippen LogP contribution in [0.4, 0.5) is 0 Å². The van der Waals surface area contributed by atoms with Crippen LogP contribution >= 0.6 is 0 Å². The largest absolute Gasteiger partial charge is 0.311 e. The summed E-state index contributed by atoms with van der Waals surface area (Å²) in [5.74, 6) is 0.961. The van der Waals surface area contributed by atoms with E-state index in [0.29, 0.717) is 16.9 Å². The highest BCUT2D eigenvalue weighted by Gasteiger charge is 2.61. The van der Waals surface area contributed by atoms with Crippen LogP contribution in [0.2, 0.25) is 0 Å². The molecule has 0 spiro atoms. The van der Waals surface area contributed by atoms with Crippen molar-refractivity contribution in [2.45, 2.75) is 85.2 Å². The summed E-state index contributed by atoms with van der Waals surface area (Å²) in [6.45, 7) is 12.2. The molecule has 2 saturated carbocycles. The molecule has 2 rings (SSSR count). The summed E-state index contributed by atoms with van der Waals surface area (Å²) >= 11 is 0. The minimum atomic E-state index is 0.540. The molecule has 17 heavy (non-hydrogen) atoms. The van der Waals surface area contributed by atoms with Gasteiger partial charge in [0.25, 0.3) is 0 Å². The van der Waals surface area contributed by atoms with Gasteiger partial charge in [-0.05, 0) is 49.4 Å². The molecular formula is C16H31N. The van der Waals surface area contributed by atoms with Crippen LogP contribution in [0, 0.1) is 16.7 Å². The van der Waals surface area contributed by atoms with Crippen molar-refractivity contribution < 1.29 is 0 Å². The SMILES string of the molecule is CCCCC(C)NC1CC2CCC1(C)C2(C)C. The van der Waals surface area contributed by atoms with Crippen molar-refractivity contribution in [1.29, 1.82) is 0 Å². The van der Waals surface area contributed by atoms with Crippen LogP contribution in [0.5, 0.6) is 0 Å². The van der Waals surface area contributed by atoms with Gasteiger partial charge in [0.1, 0.15) is 0 Å². The fourth-order valence-corrected chi connectivity index (χ4v) is 4.39. The number of rotatable bonds is 5. The molecule has 0 heterocycles. The zero-order chi connectivity index (χ0) is 12.7. The standard InChI is InChI=1S/C16H31N/c1-6-7-8-12(2)17-14-11-13-9-10-16(14,5)15(13,3)4/h12-14,17H,6-11H2,1-5H3. The van der Waals surface area contributed by atoms with Crippen LogP contribution in [0.25, 0.3) is 0 Å². The number of nitrogens with one attached hydrogen (secondary N) is 1. The monoisotopic (exact) mass is 237 g/mol. The number of hydrogen-bond acceptors (Lipinski definition) is 1. The van der Waals surface area contributed by atoms with Gasteiger partial charge in [-0.1, -0.05) is 40.5 Å². The van der Waals surface area contributed by atoms with Crippen molar-refractivity contribution in [3.8, 4) is 0 Å². The summed E-state index contributed by atoms with van der Waals surface area (Å²) in [5.41, 5.74) is 1.09. The second-order valence-electron chi connectivity index (χ2n) is 7.37. The first-order chi connectivity index (χ1) is 7.91. The fourth-order valence-electron chi connectivity index (χ4n) is 4.39. The van der Waals surface area contributed by atoms with E-state index in [-0.39, 0.29) is 0 Å². The Morgan fingerprint density at radius 2 is 2.00 bits per heavy atom. The fraction of sp³-hybridized carbons (Fsp3) is 1.00. The molecule has 0 radical (unpaired) electrons. The zero-order valence-electron chi connectivity index (χ0n) is 12.5. The molecule has 0 amide bonds. The van der Waals surface area contributed by atoms with Gasteiger partial charge >= 0.3 is 0 Å². The average molecular weight is 237 g/mol. The van der Waals surface area contributed by atoms with Gasteiger partial charge < -0.3 is 5.32 Å². The van der Waals surface area contributed by atoms with E-state index in [0.717, 1.165) is 12.0 Å². The number of hydrogen-bond donors (Lipinski definition) is 1. The summed E-state index contributed by atoms with van der Waals surface area (Å²) in [4.78, 5) is 0. The summed E-state index contributed by atoms with van der Waals surface area (Å²) < 4.78 is 0. The third-order valence-corrected chi connectivity index (χ3v) is 6.27. The van der Waals surface area contributed by atoms with Gasteiger partial charge in [0, 0.05) is 12.1 Å². The summed E-state index contributed by atoms with van der Waals surface area (Å²) in [5, 5.41) is 3.94. The van der Waals surface area contributed by atoms with Crippen LogP contribution in [-0.4, -0.2) is 12.1 Å². The molecule has 0 aliphatic heterocycles. The normalized spacial score (nSPS) is 40.8. The lowest BCUT2D eigenvalue weighted by Crippen LogP contribution is -2.47. The number of fused-ring (bicyclic) bond motifs is 2. The summed E-state index contributed by atoms with van der Waals surface area (Å²) in [6, 6.07) is 1.47. The van der Waals surface area contributed by atoms with Gasteiger partial charge in [-0.2, -0.15) is 0 Å². The highest BCUT2D eigenvalue weighted by molar-refractivity contribution is 5.13. The van der Waals surface area contributed by atoms with Crippen LogP contribution in [0.1, 0.15) is 73.1 Å². The summed E-state index contributed by atoms with van der Waals surface area (Å²) in [7, 11) is 0. The van der Waals surface area contributed by atoms with E-state index >= 15 is 0 Å². The molecule has 2 bridgehead atoms. The maximum Gasteiger partial charge on any atom is 0.0131 e. The molecule has 100 valence electrons. The van der Waals surface area contributed by atoms with E-state index in [9.17, 15) is 0 Å². The first-order valence-corrected chi connectivity index (χ1v) is 7.68. The Bertz CT molecular complexity index is 271. The van der Waals surface area contributed by atoms with Gasteiger partial charge in [-0.3, -0.25) is 0 Å². The smallest absolute Gasteiger partial charge is 0.0131 e. The van der Waals surface area contributed by atoms with E-state index < -0.39 is 0 Å². The first-order valence-electron chi connectivity index (χ1n) is 7.68. The molecule has 2 fully saturated rings. The van der Waals surface area contributed by atoms with Gasteiger partial charge in [0.15, 0.2) is 0 Å². The Hall–Kier alpha value is -0.0400. The van der Waals surface area contributed by atoms with E-state index in [1.807, 2.05) is 0 Å².